The Morgan fingerprint density at radius 1 is 1.32 bits per heavy atom. The number of hydrogen-bond donors (Lipinski definition) is 2. The number of nitrogens with zero attached hydrogens (tertiary/aromatic N) is 5. The van der Waals surface area contributed by atoms with Crippen LogP contribution in [0.1, 0.15) is 24.2 Å². The van der Waals surface area contributed by atoms with Crippen molar-refractivity contribution >= 4 is 11.3 Å². The van der Waals surface area contributed by atoms with Gasteiger partial charge in [0, 0.05) is 18.4 Å². The fraction of sp³-hybridized carbons (Fsp3) is 0.333. The number of nitrogens with one attached hydrogen (secondary N) is 2. The Kier molecular flexibility index (Phi) is 4.41. The summed E-state index contributed by atoms with van der Waals surface area (Å²) >= 11 is 0. The van der Waals surface area contributed by atoms with Crippen LogP contribution in [-0.2, 0) is 6.54 Å². The first-order chi connectivity index (χ1) is 10.8. The molecule has 0 spiro atoms. The molecule has 1 aromatic heterocycles. The average Bonchev–Trinajstić information content (AvgIpc) is 3.23. The monoisotopic (exact) mass is 295 g/mol. The Labute approximate surface area is 128 Å². The van der Waals surface area contributed by atoms with E-state index in [1.54, 1.807) is 6.20 Å². The van der Waals surface area contributed by atoms with Gasteiger partial charge in [-0.15, -0.1) is 10.2 Å². The second-order valence-corrected chi connectivity index (χ2v) is 5.23. The molecular weight excluding hydrogens is 278 g/mol. The van der Waals surface area contributed by atoms with E-state index in [9.17, 15) is 0 Å². The number of allylic oxidation sites excluding steroid dienone is 1. The lowest BCUT2D eigenvalue weighted by atomic mass is 10.2. The highest BCUT2D eigenvalue weighted by molar-refractivity contribution is 5.73. The quantitative estimate of drug-likeness (QED) is 0.817. The maximum absolute atomic E-state index is 9.09. The van der Waals surface area contributed by atoms with E-state index in [1.165, 1.54) is 31.5 Å². The van der Waals surface area contributed by atoms with E-state index in [0.717, 1.165) is 12.2 Å². The van der Waals surface area contributed by atoms with Gasteiger partial charge in [-0.1, -0.05) is 12.1 Å². The van der Waals surface area contributed by atoms with Crippen molar-refractivity contribution in [1.29, 1.82) is 5.26 Å². The molecule has 0 saturated carbocycles. The third kappa shape index (κ3) is 3.48. The first-order valence-electron chi connectivity index (χ1n) is 7.27. The highest BCUT2D eigenvalue weighted by Gasteiger charge is 2.11. The van der Waals surface area contributed by atoms with Crippen molar-refractivity contribution in [3.63, 3.8) is 0 Å². The Bertz CT molecular complexity index is 661. The fourth-order valence-electron chi connectivity index (χ4n) is 2.48. The number of hydrogen-bond acceptors (Lipinski definition) is 6. The van der Waals surface area contributed by atoms with Crippen LogP contribution in [0.15, 0.2) is 30.5 Å². The van der Waals surface area contributed by atoms with Crippen molar-refractivity contribution in [3.8, 4) is 6.07 Å². The van der Waals surface area contributed by atoms with Crippen LogP contribution in [0.3, 0.4) is 0 Å². The summed E-state index contributed by atoms with van der Waals surface area (Å²) < 4.78 is 0. The van der Waals surface area contributed by atoms with E-state index in [1.807, 2.05) is 18.2 Å². The lowest BCUT2D eigenvalue weighted by molar-refractivity contribution is 0.331. The second kappa shape index (κ2) is 6.83. The van der Waals surface area contributed by atoms with E-state index >= 15 is 0 Å². The highest BCUT2D eigenvalue weighted by atomic mass is 15.5. The Morgan fingerprint density at radius 3 is 2.73 bits per heavy atom. The average molecular weight is 295 g/mol. The van der Waals surface area contributed by atoms with Gasteiger partial charge in [-0.2, -0.15) is 10.5 Å². The summed E-state index contributed by atoms with van der Waals surface area (Å²) in [6.45, 7) is 3.39. The van der Waals surface area contributed by atoms with E-state index in [4.69, 9.17) is 5.26 Å². The number of aromatic amines is 1. The Balaban J connectivity index is 1.62. The fourth-order valence-corrected chi connectivity index (χ4v) is 2.48. The lowest BCUT2D eigenvalue weighted by Gasteiger charge is -2.14. The number of H-pyrrole nitrogens is 1. The number of anilines is 1. The molecule has 0 bridgehead atoms. The van der Waals surface area contributed by atoms with E-state index in [-0.39, 0.29) is 5.82 Å². The predicted molar refractivity (Wildman–Crippen MR) is 82.3 cm³/mol. The molecule has 2 aromatic rings. The molecule has 2 N–H and O–H groups in total. The van der Waals surface area contributed by atoms with Gasteiger partial charge in [-0.05, 0) is 48.8 Å². The Hall–Kier alpha value is -2.72. The largest absolute Gasteiger partial charge is 0.360 e. The summed E-state index contributed by atoms with van der Waals surface area (Å²) in [5.41, 5.74) is 2.55. The van der Waals surface area contributed by atoms with Gasteiger partial charge in [0.2, 0.25) is 5.82 Å². The number of likely N-dealkylation sites (tertiary alicyclic amines) is 1. The molecule has 0 radical (unpaired) electrons. The van der Waals surface area contributed by atoms with Crippen LogP contribution < -0.4 is 5.32 Å². The third-order valence-electron chi connectivity index (χ3n) is 3.65. The van der Waals surface area contributed by atoms with Crippen LogP contribution in [-0.4, -0.2) is 38.6 Å². The van der Waals surface area contributed by atoms with Crippen molar-refractivity contribution in [3.05, 3.63) is 41.9 Å². The molecule has 0 amide bonds. The summed E-state index contributed by atoms with van der Waals surface area (Å²) in [5.74, 6) is 0.278. The predicted octanol–water partition coefficient (Wildman–Crippen LogP) is 1.77. The standard InChI is InChI=1S/C15H17N7/c16-9-13(15-18-20-21-19-15)10-17-14-5-3-12(4-6-14)11-22-7-1-2-8-22/h3-6,10,17H,1-2,7-8,11H2,(H,18,19,20,21). The summed E-state index contributed by atoms with van der Waals surface area (Å²) in [7, 11) is 0. The van der Waals surface area contributed by atoms with Crippen LogP contribution in [0.2, 0.25) is 0 Å². The van der Waals surface area contributed by atoms with Gasteiger partial charge in [0.15, 0.2) is 0 Å². The summed E-state index contributed by atoms with van der Waals surface area (Å²) in [5, 5.41) is 25.5. The summed E-state index contributed by atoms with van der Waals surface area (Å²) in [4.78, 5) is 2.46. The van der Waals surface area contributed by atoms with Crippen LogP contribution in [0.4, 0.5) is 5.69 Å². The molecule has 0 unspecified atom stereocenters. The van der Waals surface area contributed by atoms with E-state index in [0.29, 0.717) is 5.57 Å². The smallest absolute Gasteiger partial charge is 0.216 e. The molecule has 7 nitrogen and oxygen atoms in total. The number of nitriles is 1. The Morgan fingerprint density at radius 2 is 2.09 bits per heavy atom. The molecule has 2 heterocycles. The molecule has 7 heteroatoms. The lowest BCUT2D eigenvalue weighted by Crippen LogP contribution is -2.18. The molecular formula is C15H17N7. The SMILES string of the molecule is N#CC(=CNc1ccc(CN2CCCC2)cc1)c1nn[nH]n1. The van der Waals surface area contributed by atoms with E-state index in [2.05, 4.69) is 43.0 Å². The molecule has 3 rings (SSSR count). The minimum atomic E-state index is 0.278. The van der Waals surface area contributed by atoms with Crippen molar-refractivity contribution in [1.82, 2.24) is 25.5 Å². The zero-order valence-corrected chi connectivity index (χ0v) is 12.2. The highest BCUT2D eigenvalue weighted by Crippen LogP contribution is 2.16. The topological polar surface area (TPSA) is 93.5 Å². The first kappa shape index (κ1) is 14.2. The van der Waals surface area contributed by atoms with E-state index < -0.39 is 0 Å². The van der Waals surface area contributed by atoms with Crippen LogP contribution in [0.5, 0.6) is 0 Å². The van der Waals surface area contributed by atoms with Crippen LogP contribution in [0, 0.1) is 11.3 Å². The zero-order chi connectivity index (χ0) is 15.2. The zero-order valence-electron chi connectivity index (χ0n) is 12.2. The molecule has 22 heavy (non-hydrogen) atoms. The molecule has 1 aromatic carbocycles. The van der Waals surface area contributed by atoms with Gasteiger partial charge in [0.05, 0.1) is 0 Å². The van der Waals surface area contributed by atoms with Gasteiger partial charge in [-0.25, -0.2) is 0 Å². The van der Waals surface area contributed by atoms with Gasteiger partial charge in [0.25, 0.3) is 0 Å². The van der Waals surface area contributed by atoms with Gasteiger partial charge in [0.1, 0.15) is 11.6 Å². The number of rotatable bonds is 5. The number of benzene rings is 1. The molecule has 0 atom stereocenters. The molecule has 112 valence electrons. The van der Waals surface area contributed by atoms with Crippen molar-refractivity contribution in [2.45, 2.75) is 19.4 Å². The summed E-state index contributed by atoms with van der Waals surface area (Å²) in [6, 6.07) is 10.3. The molecule has 1 saturated heterocycles. The normalized spacial score (nSPS) is 15.7. The number of tetrazole rings is 1. The molecule has 1 fully saturated rings. The van der Waals surface area contributed by atoms with Gasteiger partial charge >= 0.3 is 0 Å². The van der Waals surface area contributed by atoms with Crippen molar-refractivity contribution in [2.24, 2.45) is 0 Å². The minimum Gasteiger partial charge on any atom is -0.360 e. The van der Waals surface area contributed by atoms with Crippen LogP contribution in [0.25, 0.3) is 5.57 Å². The second-order valence-electron chi connectivity index (χ2n) is 5.23. The van der Waals surface area contributed by atoms with Crippen LogP contribution >= 0.6 is 0 Å². The van der Waals surface area contributed by atoms with Crippen molar-refractivity contribution < 1.29 is 0 Å². The molecule has 1 aliphatic rings. The van der Waals surface area contributed by atoms with Gasteiger partial charge in [-0.3, -0.25) is 4.90 Å². The molecule has 1 aliphatic heterocycles. The first-order valence-corrected chi connectivity index (χ1v) is 7.27. The maximum atomic E-state index is 9.09. The third-order valence-corrected chi connectivity index (χ3v) is 3.65. The molecule has 0 aliphatic carbocycles. The minimum absolute atomic E-state index is 0.278. The summed E-state index contributed by atoms with van der Waals surface area (Å²) in [6.07, 6.45) is 4.19. The van der Waals surface area contributed by atoms with Gasteiger partial charge < -0.3 is 5.32 Å². The maximum Gasteiger partial charge on any atom is 0.216 e. The van der Waals surface area contributed by atoms with Crippen molar-refractivity contribution in [2.75, 3.05) is 18.4 Å². The number of aromatic nitrogens is 4.